The molecule has 1 fully saturated rings. The van der Waals surface area contributed by atoms with Crippen LogP contribution in [0.25, 0.3) is 6.08 Å². The van der Waals surface area contributed by atoms with Gasteiger partial charge < -0.3 is 5.11 Å². The van der Waals surface area contributed by atoms with Crippen LogP contribution in [-0.2, 0) is 0 Å². The van der Waals surface area contributed by atoms with Crippen LogP contribution in [0.3, 0.4) is 0 Å². The lowest BCUT2D eigenvalue weighted by molar-refractivity contribution is -0.385. The number of nitro groups is 1. The van der Waals surface area contributed by atoms with E-state index in [1.807, 2.05) is 12.1 Å². The largest absolute Gasteiger partial charge is 0.392 e. The van der Waals surface area contributed by atoms with Gasteiger partial charge in [-0.15, -0.1) is 0 Å². The number of halogens is 1. The van der Waals surface area contributed by atoms with Crippen LogP contribution >= 0.6 is 15.9 Å². The highest BCUT2D eigenvalue weighted by atomic mass is 79.9. The maximum absolute atomic E-state index is 10.9. The van der Waals surface area contributed by atoms with Gasteiger partial charge in [-0.25, -0.2) is 0 Å². The van der Waals surface area contributed by atoms with E-state index in [1.54, 1.807) is 12.1 Å². The number of hydrogen-bond acceptors (Lipinski definition) is 3. The van der Waals surface area contributed by atoms with E-state index in [0.29, 0.717) is 10.4 Å². The second-order valence-electron chi connectivity index (χ2n) is 5.18. The third-order valence-electron chi connectivity index (χ3n) is 3.83. The van der Waals surface area contributed by atoms with Crippen LogP contribution < -0.4 is 0 Å². The van der Waals surface area contributed by atoms with Crippen LogP contribution in [0.2, 0.25) is 0 Å². The first-order chi connectivity index (χ1) is 9.61. The van der Waals surface area contributed by atoms with Gasteiger partial charge in [-0.2, -0.15) is 0 Å². The average molecular weight is 340 g/mol. The Hall–Kier alpha value is -1.20. The standard InChI is InChI=1S/C15H18BrNO3/c16-14-7-6-11(9-15(14)17(19)20)8-13(10-18)12-4-2-1-3-5-12/h6-9,12,18H,1-5,10H2/b13-8-. The fraction of sp³-hybridized carbons (Fsp3) is 0.467. The first kappa shape index (κ1) is 15.2. The Morgan fingerprint density at radius 1 is 1.40 bits per heavy atom. The summed E-state index contributed by atoms with van der Waals surface area (Å²) < 4.78 is 0.475. The van der Waals surface area contributed by atoms with E-state index in [2.05, 4.69) is 15.9 Å². The summed E-state index contributed by atoms with van der Waals surface area (Å²) in [5.41, 5.74) is 1.82. The fourth-order valence-corrected chi connectivity index (χ4v) is 3.13. The van der Waals surface area contributed by atoms with E-state index in [-0.39, 0.29) is 12.3 Å². The molecule has 0 amide bonds. The molecule has 1 aromatic carbocycles. The number of aliphatic hydroxyl groups is 1. The van der Waals surface area contributed by atoms with Gasteiger partial charge in [-0.1, -0.05) is 31.4 Å². The molecule has 0 heterocycles. The molecular formula is C15H18BrNO3. The molecule has 0 radical (unpaired) electrons. The zero-order chi connectivity index (χ0) is 14.5. The number of rotatable bonds is 4. The summed E-state index contributed by atoms with van der Waals surface area (Å²) in [7, 11) is 0. The van der Waals surface area contributed by atoms with Gasteiger partial charge in [0.05, 0.1) is 16.0 Å². The van der Waals surface area contributed by atoms with E-state index in [9.17, 15) is 15.2 Å². The van der Waals surface area contributed by atoms with Gasteiger partial charge in [0, 0.05) is 6.07 Å². The quantitative estimate of drug-likeness (QED) is 0.656. The van der Waals surface area contributed by atoms with Crippen LogP contribution in [0, 0.1) is 16.0 Å². The van der Waals surface area contributed by atoms with Crippen LogP contribution in [0.15, 0.2) is 28.2 Å². The minimum Gasteiger partial charge on any atom is -0.392 e. The summed E-state index contributed by atoms with van der Waals surface area (Å²) in [5, 5.41) is 20.5. The lowest BCUT2D eigenvalue weighted by Gasteiger charge is -2.23. The molecule has 0 spiro atoms. The molecule has 1 aliphatic rings. The summed E-state index contributed by atoms with van der Waals surface area (Å²) in [6, 6.07) is 5.05. The third-order valence-corrected chi connectivity index (χ3v) is 4.50. The van der Waals surface area contributed by atoms with Crippen LogP contribution in [0.5, 0.6) is 0 Å². The molecule has 1 aromatic rings. The maximum atomic E-state index is 10.9. The van der Waals surface area contributed by atoms with Crippen molar-refractivity contribution in [3.8, 4) is 0 Å². The molecular weight excluding hydrogens is 322 g/mol. The van der Waals surface area contributed by atoms with Gasteiger partial charge in [0.15, 0.2) is 0 Å². The molecule has 0 bridgehead atoms. The zero-order valence-corrected chi connectivity index (χ0v) is 12.8. The smallest absolute Gasteiger partial charge is 0.284 e. The second-order valence-corrected chi connectivity index (χ2v) is 6.03. The molecule has 1 aliphatic carbocycles. The number of hydrogen-bond donors (Lipinski definition) is 1. The molecule has 4 nitrogen and oxygen atoms in total. The van der Waals surface area contributed by atoms with Gasteiger partial charge in [0.2, 0.25) is 0 Å². The first-order valence-corrected chi connectivity index (χ1v) is 7.66. The van der Waals surface area contributed by atoms with Gasteiger partial charge >= 0.3 is 0 Å². The number of aliphatic hydroxyl groups excluding tert-OH is 1. The van der Waals surface area contributed by atoms with Crippen molar-refractivity contribution < 1.29 is 10.0 Å². The summed E-state index contributed by atoms with van der Waals surface area (Å²) in [6.45, 7) is 0.0223. The van der Waals surface area contributed by atoms with Crippen molar-refractivity contribution in [2.45, 2.75) is 32.1 Å². The lowest BCUT2D eigenvalue weighted by Crippen LogP contribution is -2.11. The van der Waals surface area contributed by atoms with Crippen molar-refractivity contribution in [2.75, 3.05) is 6.61 Å². The van der Waals surface area contributed by atoms with E-state index in [1.165, 1.54) is 19.3 Å². The Morgan fingerprint density at radius 3 is 2.70 bits per heavy atom. The molecule has 20 heavy (non-hydrogen) atoms. The number of nitro benzene ring substituents is 1. The molecule has 1 N–H and O–H groups in total. The highest BCUT2D eigenvalue weighted by Gasteiger charge is 2.18. The van der Waals surface area contributed by atoms with Gasteiger partial charge in [0.1, 0.15) is 0 Å². The van der Waals surface area contributed by atoms with Crippen molar-refractivity contribution in [1.82, 2.24) is 0 Å². The van der Waals surface area contributed by atoms with E-state index in [4.69, 9.17) is 0 Å². The topological polar surface area (TPSA) is 63.4 Å². The van der Waals surface area contributed by atoms with Gasteiger partial charge in [-0.05, 0) is 51.9 Å². The van der Waals surface area contributed by atoms with Crippen LogP contribution in [0.4, 0.5) is 5.69 Å². The Morgan fingerprint density at radius 2 is 2.10 bits per heavy atom. The second kappa shape index (κ2) is 6.99. The molecule has 0 unspecified atom stereocenters. The van der Waals surface area contributed by atoms with Crippen molar-refractivity contribution in [1.29, 1.82) is 0 Å². The first-order valence-electron chi connectivity index (χ1n) is 6.87. The molecule has 0 saturated heterocycles. The van der Waals surface area contributed by atoms with Gasteiger partial charge in [-0.3, -0.25) is 10.1 Å². The molecule has 2 rings (SSSR count). The molecule has 0 atom stereocenters. The van der Waals surface area contributed by atoms with Crippen molar-refractivity contribution in [2.24, 2.45) is 5.92 Å². The molecule has 5 heteroatoms. The highest BCUT2D eigenvalue weighted by molar-refractivity contribution is 9.10. The zero-order valence-electron chi connectivity index (χ0n) is 11.2. The Balaban J connectivity index is 2.27. The SMILES string of the molecule is O=[N+]([O-])c1cc(/C=C(/CO)C2CCCCC2)ccc1Br. The van der Waals surface area contributed by atoms with Crippen molar-refractivity contribution in [3.05, 3.63) is 43.9 Å². The number of nitrogens with zero attached hydrogens (tertiary/aromatic N) is 1. The monoisotopic (exact) mass is 339 g/mol. The normalized spacial score (nSPS) is 17.2. The van der Waals surface area contributed by atoms with E-state index in [0.717, 1.165) is 24.0 Å². The van der Waals surface area contributed by atoms with Crippen LogP contribution in [0.1, 0.15) is 37.7 Å². The molecule has 0 aromatic heterocycles. The Bertz CT molecular complexity index is 522. The maximum Gasteiger partial charge on any atom is 0.284 e. The highest BCUT2D eigenvalue weighted by Crippen LogP contribution is 2.32. The minimum atomic E-state index is -0.402. The van der Waals surface area contributed by atoms with E-state index >= 15 is 0 Å². The summed E-state index contributed by atoms with van der Waals surface area (Å²) >= 11 is 3.18. The summed E-state index contributed by atoms with van der Waals surface area (Å²) in [6.07, 6.45) is 7.76. The fourth-order valence-electron chi connectivity index (χ4n) is 2.74. The lowest BCUT2D eigenvalue weighted by atomic mass is 9.83. The summed E-state index contributed by atoms with van der Waals surface area (Å²) in [5.74, 6) is 0.413. The average Bonchev–Trinajstić information content (AvgIpc) is 2.47. The van der Waals surface area contributed by atoms with Crippen molar-refractivity contribution >= 4 is 27.7 Å². The van der Waals surface area contributed by atoms with Crippen molar-refractivity contribution in [3.63, 3.8) is 0 Å². The third kappa shape index (κ3) is 3.67. The molecule has 0 aliphatic heterocycles. The Labute approximate surface area is 126 Å². The van der Waals surface area contributed by atoms with Crippen LogP contribution in [-0.4, -0.2) is 16.6 Å². The summed E-state index contributed by atoms with van der Waals surface area (Å²) in [4.78, 5) is 10.5. The predicted molar refractivity (Wildman–Crippen MR) is 82.4 cm³/mol. The predicted octanol–water partition coefficient (Wildman–Crippen LogP) is 4.31. The minimum absolute atomic E-state index is 0.0223. The van der Waals surface area contributed by atoms with Gasteiger partial charge in [0.25, 0.3) is 5.69 Å². The Kier molecular flexibility index (Phi) is 5.31. The van der Waals surface area contributed by atoms with E-state index < -0.39 is 4.92 Å². The number of benzene rings is 1. The molecule has 108 valence electrons. The molecule has 1 saturated carbocycles.